The molecule has 0 aliphatic rings. The molecule has 0 amide bonds. The predicted octanol–water partition coefficient (Wildman–Crippen LogP) is 2.47. The lowest BCUT2D eigenvalue weighted by Gasteiger charge is -2.20. The van der Waals surface area contributed by atoms with Crippen LogP contribution >= 0.6 is 0 Å². The Balaban J connectivity index is 2.70. The van der Waals surface area contributed by atoms with Crippen molar-refractivity contribution in [1.82, 2.24) is 10.3 Å². The Morgan fingerprint density at radius 3 is 2.88 bits per heavy atom. The van der Waals surface area contributed by atoms with Gasteiger partial charge in [0.1, 0.15) is 0 Å². The summed E-state index contributed by atoms with van der Waals surface area (Å²) in [5.74, 6) is 0. The molecule has 1 unspecified atom stereocenters. The minimum Gasteiger partial charge on any atom is -0.380 e. The van der Waals surface area contributed by atoms with Crippen molar-refractivity contribution >= 4 is 0 Å². The van der Waals surface area contributed by atoms with E-state index < -0.39 is 0 Å². The largest absolute Gasteiger partial charge is 0.380 e. The first kappa shape index (κ1) is 13.1. The van der Waals surface area contributed by atoms with Crippen LogP contribution in [0.1, 0.15) is 37.4 Å². The average Bonchev–Trinajstić information content (AvgIpc) is 2.31. The van der Waals surface area contributed by atoms with Crippen molar-refractivity contribution in [3.05, 3.63) is 29.6 Å². The fraction of sp³-hybridized carbons (Fsp3) is 0.615. The normalized spacial score (nSPS) is 12.7. The van der Waals surface area contributed by atoms with Crippen molar-refractivity contribution in [3.63, 3.8) is 0 Å². The highest BCUT2D eigenvalue weighted by molar-refractivity contribution is 5.25. The van der Waals surface area contributed by atoms with Crippen LogP contribution in [0.15, 0.2) is 18.5 Å². The van der Waals surface area contributed by atoms with E-state index >= 15 is 0 Å². The van der Waals surface area contributed by atoms with Crippen LogP contribution in [0, 0.1) is 6.92 Å². The first-order valence-electron chi connectivity index (χ1n) is 6.01. The van der Waals surface area contributed by atoms with Crippen LogP contribution in [0.25, 0.3) is 0 Å². The molecule has 0 saturated carbocycles. The van der Waals surface area contributed by atoms with Gasteiger partial charge in [-0.05, 0) is 44.0 Å². The lowest BCUT2D eigenvalue weighted by atomic mass is 10.0. The number of ether oxygens (including phenoxy) is 1. The summed E-state index contributed by atoms with van der Waals surface area (Å²) in [6.45, 7) is 8.77. The third-order valence-corrected chi connectivity index (χ3v) is 2.58. The molecule has 1 atom stereocenters. The Labute approximate surface area is 98.2 Å². The maximum Gasteiger partial charge on any atom is 0.0662 e. The second kappa shape index (κ2) is 7.36. The number of rotatable bonds is 7. The lowest BCUT2D eigenvalue weighted by Crippen LogP contribution is -2.27. The molecule has 0 fully saturated rings. The molecule has 0 aliphatic heterocycles. The summed E-state index contributed by atoms with van der Waals surface area (Å²) in [6, 6.07) is 2.30. The van der Waals surface area contributed by atoms with Crippen LogP contribution in [0.3, 0.4) is 0 Å². The minimum absolute atomic E-state index is 0.258. The average molecular weight is 222 g/mol. The lowest BCUT2D eigenvalue weighted by molar-refractivity contribution is 0.122. The van der Waals surface area contributed by atoms with Crippen molar-refractivity contribution in [2.45, 2.75) is 33.2 Å². The quantitative estimate of drug-likeness (QED) is 0.769. The molecule has 0 spiro atoms. The second-order valence-corrected chi connectivity index (χ2v) is 3.90. The van der Waals surface area contributed by atoms with E-state index in [1.807, 2.05) is 25.4 Å². The number of hydrogen-bond donors (Lipinski definition) is 1. The Bertz CT molecular complexity index is 294. The van der Waals surface area contributed by atoms with Gasteiger partial charge in [0.2, 0.25) is 0 Å². The van der Waals surface area contributed by atoms with Gasteiger partial charge in [-0.2, -0.15) is 0 Å². The number of aryl methyl sites for hydroxylation is 1. The smallest absolute Gasteiger partial charge is 0.0662 e. The van der Waals surface area contributed by atoms with Gasteiger partial charge in [0.15, 0.2) is 0 Å². The molecule has 1 rings (SSSR count). The number of hydrogen-bond acceptors (Lipinski definition) is 3. The highest BCUT2D eigenvalue weighted by atomic mass is 16.5. The van der Waals surface area contributed by atoms with E-state index in [0.29, 0.717) is 6.61 Å². The van der Waals surface area contributed by atoms with Crippen molar-refractivity contribution in [2.24, 2.45) is 0 Å². The molecule has 0 aromatic carbocycles. The van der Waals surface area contributed by atoms with Crippen LogP contribution in [-0.4, -0.2) is 24.7 Å². The molecular weight excluding hydrogens is 200 g/mol. The molecule has 1 heterocycles. The molecule has 0 aliphatic carbocycles. The zero-order valence-electron chi connectivity index (χ0n) is 10.5. The Morgan fingerprint density at radius 2 is 2.25 bits per heavy atom. The Kier molecular flexibility index (Phi) is 6.04. The van der Waals surface area contributed by atoms with Gasteiger partial charge in [-0.15, -0.1) is 0 Å². The number of aromatic nitrogens is 1. The van der Waals surface area contributed by atoms with E-state index in [-0.39, 0.29) is 6.04 Å². The molecule has 0 saturated heterocycles. The van der Waals surface area contributed by atoms with Crippen LogP contribution in [0.5, 0.6) is 0 Å². The van der Waals surface area contributed by atoms with Gasteiger partial charge in [0.05, 0.1) is 12.6 Å². The summed E-state index contributed by atoms with van der Waals surface area (Å²) in [5, 5.41) is 3.50. The molecule has 1 N–H and O–H groups in total. The zero-order valence-corrected chi connectivity index (χ0v) is 10.5. The van der Waals surface area contributed by atoms with Gasteiger partial charge in [-0.25, -0.2) is 0 Å². The zero-order chi connectivity index (χ0) is 11.8. The molecule has 0 bridgehead atoms. The molecule has 3 nitrogen and oxygen atoms in total. The van der Waals surface area contributed by atoms with Crippen molar-refractivity contribution in [3.8, 4) is 0 Å². The molecule has 3 heteroatoms. The van der Waals surface area contributed by atoms with Gasteiger partial charge in [0.25, 0.3) is 0 Å². The molecular formula is C13H22N2O. The summed E-state index contributed by atoms with van der Waals surface area (Å²) < 4.78 is 5.51. The van der Waals surface area contributed by atoms with E-state index in [0.717, 1.165) is 19.6 Å². The number of nitrogens with one attached hydrogen (secondary N) is 1. The first-order valence-corrected chi connectivity index (χ1v) is 6.01. The Hall–Kier alpha value is -0.930. The Morgan fingerprint density at radius 1 is 1.44 bits per heavy atom. The summed E-state index contributed by atoms with van der Waals surface area (Å²) in [6.07, 6.45) is 4.89. The van der Waals surface area contributed by atoms with Crippen LogP contribution in [0.4, 0.5) is 0 Å². The minimum atomic E-state index is 0.258. The molecule has 90 valence electrons. The van der Waals surface area contributed by atoms with Gasteiger partial charge < -0.3 is 10.1 Å². The molecule has 0 radical (unpaired) electrons. The fourth-order valence-corrected chi connectivity index (χ4v) is 1.65. The fourth-order valence-electron chi connectivity index (χ4n) is 1.65. The maximum absolute atomic E-state index is 5.51. The van der Waals surface area contributed by atoms with Gasteiger partial charge in [-0.3, -0.25) is 4.98 Å². The highest BCUT2D eigenvalue weighted by Gasteiger charge is 2.12. The summed E-state index contributed by atoms with van der Waals surface area (Å²) in [7, 11) is 0. The summed E-state index contributed by atoms with van der Waals surface area (Å²) >= 11 is 0. The topological polar surface area (TPSA) is 34.1 Å². The molecule has 1 aromatic heterocycles. The summed E-state index contributed by atoms with van der Waals surface area (Å²) in [5.41, 5.74) is 2.51. The third-order valence-electron chi connectivity index (χ3n) is 2.58. The third kappa shape index (κ3) is 3.91. The van der Waals surface area contributed by atoms with Crippen LogP contribution in [-0.2, 0) is 4.74 Å². The van der Waals surface area contributed by atoms with Crippen molar-refractivity contribution < 1.29 is 4.74 Å². The van der Waals surface area contributed by atoms with Crippen molar-refractivity contribution in [1.29, 1.82) is 0 Å². The van der Waals surface area contributed by atoms with E-state index in [4.69, 9.17) is 4.74 Å². The molecule has 1 aromatic rings. The summed E-state index contributed by atoms with van der Waals surface area (Å²) in [4.78, 5) is 4.19. The maximum atomic E-state index is 5.51. The van der Waals surface area contributed by atoms with E-state index in [1.54, 1.807) is 0 Å². The highest BCUT2D eigenvalue weighted by Crippen LogP contribution is 2.16. The van der Waals surface area contributed by atoms with E-state index in [9.17, 15) is 0 Å². The monoisotopic (exact) mass is 222 g/mol. The van der Waals surface area contributed by atoms with Crippen molar-refractivity contribution in [2.75, 3.05) is 19.8 Å². The number of nitrogens with zero attached hydrogens (tertiary/aromatic N) is 1. The van der Waals surface area contributed by atoms with Crippen LogP contribution < -0.4 is 5.32 Å². The standard InChI is InChI=1S/C13H22N2O/c1-4-7-15-13(10-16-5-2)12-9-14-8-6-11(12)3/h6,8-9,13,15H,4-5,7,10H2,1-3H3. The predicted molar refractivity (Wildman–Crippen MR) is 66.5 cm³/mol. The van der Waals surface area contributed by atoms with Crippen LogP contribution in [0.2, 0.25) is 0 Å². The molecule has 16 heavy (non-hydrogen) atoms. The number of pyridine rings is 1. The van der Waals surface area contributed by atoms with Gasteiger partial charge in [-0.1, -0.05) is 6.92 Å². The SMILES string of the molecule is CCCNC(COCC)c1cnccc1C. The second-order valence-electron chi connectivity index (χ2n) is 3.90. The first-order chi connectivity index (χ1) is 7.79. The van der Waals surface area contributed by atoms with E-state index in [1.165, 1.54) is 11.1 Å². The van der Waals surface area contributed by atoms with Gasteiger partial charge in [0, 0.05) is 19.0 Å². The van der Waals surface area contributed by atoms with E-state index in [2.05, 4.69) is 24.1 Å². The van der Waals surface area contributed by atoms with Gasteiger partial charge >= 0.3 is 0 Å².